The number of rotatable bonds is 22. The predicted octanol–water partition coefficient (Wildman–Crippen LogP) is 9.16. The molecule has 0 aliphatic heterocycles. The van der Waals surface area contributed by atoms with Crippen LogP contribution in [0.2, 0.25) is 0 Å². The first-order chi connectivity index (χ1) is 16.8. The van der Waals surface area contributed by atoms with E-state index in [1.54, 1.807) is 0 Å². The van der Waals surface area contributed by atoms with Crippen LogP contribution in [0.1, 0.15) is 120 Å². The zero-order valence-electron chi connectivity index (χ0n) is 25.1. The van der Waals surface area contributed by atoms with E-state index in [0.717, 1.165) is 50.0 Å². The van der Waals surface area contributed by atoms with E-state index in [4.69, 9.17) is 32.7 Å². The van der Waals surface area contributed by atoms with Crippen molar-refractivity contribution in [1.82, 2.24) is 0 Å². The van der Waals surface area contributed by atoms with Crippen LogP contribution >= 0.6 is 34.2 Å². The summed E-state index contributed by atoms with van der Waals surface area (Å²) < 4.78 is 11.0. The molecule has 0 saturated heterocycles. The van der Waals surface area contributed by atoms with Gasteiger partial charge in [0.1, 0.15) is 0 Å². The normalized spacial score (nSPS) is 16.3. The Morgan fingerprint density at radius 1 is 0.649 bits per heavy atom. The van der Waals surface area contributed by atoms with Crippen LogP contribution in [0.25, 0.3) is 0 Å². The summed E-state index contributed by atoms with van der Waals surface area (Å²) in [6.45, 7) is 18.5. The van der Waals surface area contributed by atoms with Gasteiger partial charge in [-0.2, -0.15) is 0 Å². The average molecular weight is 688 g/mol. The summed E-state index contributed by atoms with van der Waals surface area (Å²) in [7, 11) is 0. The van der Waals surface area contributed by atoms with Gasteiger partial charge in [-0.25, -0.2) is 0 Å². The average Bonchev–Trinajstić information content (AvgIpc) is 2.79. The van der Waals surface area contributed by atoms with Crippen molar-refractivity contribution in [3.8, 4) is 0 Å². The van der Waals surface area contributed by atoms with E-state index < -0.39 is 11.4 Å². The third kappa shape index (κ3) is 31.2. The van der Waals surface area contributed by atoms with Crippen LogP contribution in [0.4, 0.5) is 0 Å². The molecule has 0 N–H and O–H groups in total. The van der Waals surface area contributed by atoms with Gasteiger partial charge in [-0.15, -0.1) is 22.8 Å². The molecule has 0 heterocycles. The molecule has 0 aromatic carbocycles. The Balaban J connectivity index is -0.000000608. The number of hydrogen-bond donors (Lipinski definition) is 0. The summed E-state index contributed by atoms with van der Waals surface area (Å²) in [5.74, 6) is 3.94. The smallest absolute Gasteiger partial charge is 0.793 e. The van der Waals surface area contributed by atoms with E-state index in [2.05, 4.69) is 55.4 Å². The Morgan fingerprint density at radius 3 is 1.22 bits per heavy atom. The summed E-state index contributed by atoms with van der Waals surface area (Å²) in [5, 5.41) is 0. The third-order valence-electron chi connectivity index (χ3n) is 5.91. The zero-order chi connectivity index (χ0) is 28.0. The van der Waals surface area contributed by atoms with Crippen molar-refractivity contribution in [1.29, 1.82) is 0 Å². The molecule has 37 heavy (non-hydrogen) atoms. The van der Waals surface area contributed by atoms with Crippen molar-refractivity contribution in [2.75, 3.05) is 24.7 Å². The van der Waals surface area contributed by atoms with Crippen LogP contribution in [-0.2, 0) is 52.1 Å². The van der Waals surface area contributed by atoms with E-state index in [1.807, 2.05) is 0 Å². The molecule has 0 fully saturated rings. The van der Waals surface area contributed by atoms with Gasteiger partial charge in [-0.3, -0.25) is 0 Å². The van der Waals surface area contributed by atoms with Crippen molar-refractivity contribution in [3.63, 3.8) is 0 Å². The van der Waals surface area contributed by atoms with E-state index >= 15 is 0 Å². The Hall–Kier alpha value is 2.46. The third-order valence-corrected chi connectivity index (χ3v) is 14.5. The molecular weight excluding hydrogens is 632 g/mol. The molecule has 0 aliphatic rings. The minimum atomic E-state index is -2.85. The van der Waals surface area contributed by atoms with E-state index in [9.17, 15) is 9.79 Å². The molecule has 0 rings (SSSR count). The molecule has 0 amide bonds. The summed E-state index contributed by atoms with van der Waals surface area (Å²) in [4.78, 5) is 24.1. The SMILES string of the molecule is CCCCC(CC)COP([O-])(=S)SCCC(C)C.CCCCC(CC)COP([O-])(=S)SCCC(C)C.[Zn+2]. The van der Waals surface area contributed by atoms with Crippen molar-refractivity contribution in [3.05, 3.63) is 0 Å². The molecule has 0 radical (unpaired) electrons. The molecule has 4 atom stereocenters. The maximum absolute atomic E-state index is 12.0. The standard InChI is InChI=1S/2C13H29O2PS2.Zn/c2*1-5-7-8-13(6-2)11-15-16(14,17)18-10-9-12(3)4;/h2*12-13H,5-11H2,1-4H3,(H,14,17);/q;;+2/p-2. The summed E-state index contributed by atoms with van der Waals surface area (Å²) >= 11 is 12.8. The number of unbranched alkanes of at least 4 members (excludes halogenated alkanes) is 2. The van der Waals surface area contributed by atoms with Gasteiger partial charge in [0.25, 0.3) is 0 Å². The number of hydrogen-bond acceptors (Lipinski definition) is 8. The Morgan fingerprint density at radius 2 is 0.973 bits per heavy atom. The minimum Gasteiger partial charge on any atom is -0.793 e. The fourth-order valence-electron chi connectivity index (χ4n) is 3.06. The van der Waals surface area contributed by atoms with Gasteiger partial charge in [-0.1, -0.05) is 118 Å². The van der Waals surface area contributed by atoms with E-state index in [0.29, 0.717) is 36.9 Å². The molecule has 4 nitrogen and oxygen atoms in total. The molecule has 0 aromatic rings. The minimum absolute atomic E-state index is 0. The Bertz CT molecular complexity index is 551. The Kier molecular flexibility index (Phi) is 32.4. The molecule has 4 unspecified atom stereocenters. The van der Waals surface area contributed by atoms with Gasteiger partial charge in [0.15, 0.2) is 0 Å². The van der Waals surface area contributed by atoms with Gasteiger partial charge in [0, 0.05) is 11.4 Å². The van der Waals surface area contributed by atoms with Crippen LogP contribution in [0.3, 0.4) is 0 Å². The first kappa shape index (κ1) is 43.9. The van der Waals surface area contributed by atoms with Crippen molar-refractivity contribution < 1.29 is 38.3 Å². The zero-order valence-corrected chi connectivity index (χ0v) is 33.1. The summed E-state index contributed by atoms with van der Waals surface area (Å²) in [5.41, 5.74) is -5.70. The maximum atomic E-state index is 12.0. The Labute approximate surface area is 262 Å². The second-order valence-electron chi connectivity index (χ2n) is 10.4. The first-order valence-electron chi connectivity index (χ1n) is 14.0. The van der Waals surface area contributed by atoms with E-state index in [1.165, 1.54) is 48.4 Å². The van der Waals surface area contributed by atoms with Crippen molar-refractivity contribution in [2.24, 2.45) is 23.7 Å². The van der Waals surface area contributed by atoms with E-state index in [-0.39, 0.29) is 19.5 Å². The summed E-state index contributed by atoms with van der Waals surface area (Å²) in [6.07, 6.45) is 11.4. The van der Waals surface area contributed by atoms with Gasteiger partial charge in [0.2, 0.25) is 0 Å². The fraction of sp³-hybridized carbons (Fsp3) is 1.00. The molecule has 0 aliphatic carbocycles. The van der Waals surface area contributed by atoms with Gasteiger partial charge < -0.3 is 18.8 Å². The van der Waals surface area contributed by atoms with Crippen LogP contribution in [0, 0.1) is 23.7 Å². The van der Waals surface area contributed by atoms with Crippen LogP contribution in [0.15, 0.2) is 0 Å². The van der Waals surface area contributed by atoms with Gasteiger partial charge in [0.05, 0.1) is 13.2 Å². The maximum Gasteiger partial charge on any atom is 2.00 e. The molecule has 0 aromatic heterocycles. The second kappa shape index (κ2) is 27.3. The predicted molar refractivity (Wildman–Crippen MR) is 171 cm³/mol. The van der Waals surface area contributed by atoms with Crippen LogP contribution in [-0.4, -0.2) is 24.7 Å². The molecule has 0 bridgehead atoms. The topological polar surface area (TPSA) is 64.6 Å². The van der Waals surface area contributed by atoms with Crippen LogP contribution < -0.4 is 9.79 Å². The molecule has 0 spiro atoms. The van der Waals surface area contributed by atoms with Crippen molar-refractivity contribution in [2.45, 2.75) is 120 Å². The fourth-order valence-corrected chi connectivity index (χ4v) is 10.1. The van der Waals surface area contributed by atoms with Gasteiger partial charge in [-0.05, 0) is 60.9 Å². The molecule has 0 saturated carbocycles. The van der Waals surface area contributed by atoms with Gasteiger partial charge >= 0.3 is 19.5 Å². The molecule has 220 valence electrons. The quantitative estimate of drug-likeness (QED) is 0.0825. The monoisotopic (exact) mass is 686 g/mol. The van der Waals surface area contributed by atoms with Crippen molar-refractivity contribution >= 4 is 57.8 Å². The first-order valence-corrected chi connectivity index (χ1v) is 22.5. The molecule has 11 heteroatoms. The van der Waals surface area contributed by atoms with Crippen LogP contribution in [0.5, 0.6) is 0 Å². The largest absolute Gasteiger partial charge is 2.00 e. The summed E-state index contributed by atoms with van der Waals surface area (Å²) in [6, 6.07) is 0. The second-order valence-corrected chi connectivity index (χ2v) is 22.7. The molecular formula is C26H56O4P2S4Zn.